The van der Waals surface area contributed by atoms with E-state index in [9.17, 15) is 24.6 Å². The Bertz CT molecular complexity index is 643. The van der Waals surface area contributed by atoms with Crippen LogP contribution in [-0.2, 0) is 14.3 Å². The van der Waals surface area contributed by atoms with E-state index in [2.05, 4.69) is 52.5 Å². The van der Waals surface area contributed by atoms with Crippen molar-refractivity contribution in [1.29, 1.82) is 0 Å². The van der Waals surface area contributed by atoms with Gasteiger partial charge in [-0.3, -0.25) is 14.4 Å². The van der Waals surface area contributed by atoms with E-state index in [1.54, 1.807) is 0 Å². The fourth-order valence-electron chi connectivity index (χ4n) is 1.74. The molecule has 3 N–H and O–H groups in total. The van der Waals surface area contributed by atoms with Gasteiger partial charge in [-0.15, -0.1) is 0 Å². The van der Waals surface area contributed by atoms with Gasteiger partial charge in [0.1, 0.15) is 0 Å². The number of phenols is 2. The molecule has 1 rings (SSSR count). The minimum Gasteiger partial charge on any atom is -0.503 e. The molecular formula is C13H11Br3O7. The molecule has 1 unspecified atom stereocenters. The molecule has 0 amide bonds. The number of carbonyl (C=O) groups excluding carboxylic acids is 2. The van der Waals surface area contributed by atoms with Crippen molar-refractivity contribution < 1.29 is 34.4 Å². The van der Waals surface area contributed by atoms with Gasteiger partial charge in [0.15, 0.2) is 17.3 Å². The largest absolute Gasteiger partial charge is 0.503 e. The second-order valence-electron chi connectivity index (χ2n) is 4.46. The van der Waals surface area contributed by atoms with Crippen molar-refractivity contribution in [3.8, 4) is 11.5 Å². The number of Topliss-reactive ketones (excluding diaryl/α,β-unsaturated/α-hetero) is 1. The predicted molar refractivity (Wildman–Crippen MR) is 89.6 cm³/mol. The van der Waals surface area contributed by atoms with Crippen LogP contribution in [0.3, 0.4) is 0 Å². The third-order valence-electron chi connectivity index (χ3n) is 2.97. The molecular weight excluding hydrogens is 508 g/mol. The van der Waals surface area contributed by atoms with E-state index in [0.29, 0.717) is 0 Å². The lowest BCUT2D eigenvalue weighted by Gasteiger charge is -2.14. The summed E-state index contributed by atoms with van der Waals surface area (Å²) in [7, 11) is 1.12. The number of esters is 1. The first-order valence-electron chi connectivity index (χ1n) is 6.02. The molecule has 0 spiro atoms. The summed E-state index contributed by atoms with van der Waals surface area (Å²) in [4.78, 5) is 34.8. The highest BCUT2D eigenvalue weighted by Gasteiger charge is 2.29. The molecule has 23 heavy (non-hydrogen) atoms. The van der Waals surface area contributed by atoms with Gasteiger partial charge in [0.25, 0.3) is 0 Å². The summed E-state index contributed by atoms with van der Waals surface area (Å²) in [6.45, 7) is 0. The Kier molecular flexibility index (Phi) is 7.02. The number of carbonyl (C=O) groups is 3. The van der Waals surface area contributed by atoms with E-state index in [-0.39, 0.29) is 19.0 Å². The summed E-state index contributed by atoms with van der Waals surface area (Å²) in [6.07, 6.45) is -0.948. The van der Waals surface area contributed by atoms with E-state index in [1.807, 2.05) is 0 Å². The van der Waals surface area contributed by atoms with Crippen LogP contribution in [0.2, 0.25) is 0 Å². The Balaban J connectivity index is 3.19. The van der Waals surface area contributed by atoms with Crippen molar-refractivity contribution in [3.05, 3.63) is 19.0 Å². The van der Waals surface area contributed by atoms with Crippen molar-refractivity contribution in [3.63, 3.8) is 0 Å². The Morgan fingerprint density at radius 2 is 1.52 bits per heavy atom. The maximum Gasteiger partial charge on any atom is 0.307 e. The van der Waals surface area contributed by atoms with Crippen molar-refractivity contribution in [1.82, 2.24) is 0 Å². The number of phenolic OH excluding ortho intramolecular Hbond substituents is 2. The fraction of sp³-hybridized carbons (Fsp3) is 0.308. The van der Waals surface area contributed by atoms with Crippen molar-refractivity contribution in [2.45, 2.75) is 12.8 Å². The molecule has 0 aromatic heterocycles. The van der Waals surface area contributed by atoms with Crippen LogP contribution >= 0.6 is 47.8 Å². The lowest BCUT2D eigenvalue weighted by Crippen LogP contribution is -2.22. The highest BCUT2D eigenvalue weighted by atomic mass is 79.9. The highest BCUT2D eigenvalue weighted by Crippen LogP contribution is 2.47. The number of benzene rings is 1. The molecule has 0 saturated carbocycles. The molecule has 1 atom stereocenters. The van der Waals surface area contributed by atoms with E-state index in [1.165, 1.54) is 0 Å². The summed E-state index contributed by atoms with van der Waals surface area (Å²) in [6, 6.07) is 0. The Morgan fingerprint density at radius 3 is 2.00 bits per heavy atom. The van der Waals surface area contributed by atoms with E-state index in [0.717, 1.165) is 7.11 Å². The zero-order valence-electron chi connectivity index (χ0n) is 11.6. The number of hydrogen-bond acceptors (Lipinski definition) is 6. The Labute approximate surface area is 156 Å². The lowest BCUT2D eigenvalue weighted by atomic mass is 9.95. The van der Waals surface area contributed by atoms with Gasteiger partial charge in [0.2, 0.25) is 0 Å². The zero-order valence-corrected chi connectivity index (χ0v) is 16.4. The third-order valence-corrected chi connectivity index (χ3v) is 5.84. The van der Waals surface area contributed by atoms with E-state index >= 15 is 0 Å². The van der Waals surface area contributed by atoms with Crippen LogP contribution in [0.5, 0.6) is 11.5 Å². The van der Waals surface area contributed by atoms with Crippen LogP contribution < -0.4 is 0 Å². The number of ether oxygens (including phenoxy) is 1. The van der Waals surface area contributed by atoms with E-state index in [4.69, 9.17) is 5.11 Å². The molecule has 7 nitrogen and oxygen atoms in total. The number of aromatic hydroxyl groups is 2. The van der Waals surface area contributed by atoms with Gasteiger partial charge in [-0.25, -0.2) is 0 Å². The van der Waals surface area contributed by atoms with Gasteiger partial charge < -0.3 is 20.1 Å². The molecule has 0 aliphatic heterocycles. The summed E-state index contributed by atoms with van der Waals surface area (Å²) in [5, 5.41) is 28.6. The average molecular weight is 519 g/mol. The smallest absolute Gasteiger partial charge is 0.307 e. The number of hydrogen-bond donors (Lipinski definition) is 3. The summed E-state index contributed by atoms with van der Waals surface area (Å²) >= 11 is 9.10. The van der Waals surface area contributed by atoms with Gasteiger partial charge >= 0.3 is 11.9 Å². The molecule has 0 radical (unpaired) electrons. The zero-order chi connectivity index (χ0) is 17.9. The van der Waals surface area contributed by atoms with Crippen LogP contribution in [0.1, 0.15) is 23.2 Å². The molecule has 1 aromatic carbocycles. The van der Waals surface area contributed by atoms with Crippen molar-refractivity contribution >= 4 is 65.5 Å². The van der Waals surface area contributed by atoms with Crippen LogP contribution in [-0.4, -0.2) is 40.2 Å². The standard InChI is InChI=1S/C13H11Br3O7/c1-23-6(18)3-4(13(21)22)2-5(17)7-8(14)10(16)12(20)11(19)9(7)15/h4,19-20H,2-3H2,1H3,(H,21,22). The number of halogens is 3. The first kappa shape index (κ1) is 19.9. The molecule has 126 valence electrons. The van der Waals surface area contributed by atoms with Gasteiger partial charge in [-0.05, 0) is 47.8 Å². The molecule has 0 aliphatic carbocycles. The summed E-state index contributed by atoms with van der Waals surface area (Å²) in [5.41, 5.74) is -0.0525. The second kappa shape index (κ2) is 8.11. The van der Waals surface area contributed by atoms with Gasteiger partial charge in [-0.1, -0.05) is 0 Å². The first-order chi connectivity index (χ1) is 10.6. The van der Waals surface area contributed by atoms with Crippen LogP contribution in [0, 0.1) is 5.92 Å². The molecule has 0 heterocycles. The molecule has 0 saturated heterocycles. The third kappa shape index (κ3) is 4.45. The van der Waals surface area contributed by atoms with Gasteiger partial charge in [-0.2, -0.15) is 0 Å². The molecule has 0 aliphatic rings. The number of methoxy groups -OCH3 is 1. The fourth-order valence-corrected chi connectivity index (χ4v) is 3.60. The molecule has 0 fully saturated rings. The van der Waals surface area contributed by atoms with Crippen molar-refractivity contribution in [2.24, 2.45) is 5.92 Å². The molecule has 0 bridgehead atoms. The number of carboxylic acids is 1. The minimum absolute atomic E-state index is 0.0430. The van der Waals surface area contributed by atoms with Crippen molar-refractivity contribution in [2.75, 3.05) is 7.11 Å². The maximum absolute atomic E-state index is 12.4. The second-order valence-corrected chi connectivity index (χ2v) is 6.84. The normalized spacial score (nSPS) is 11.8. The first-order valence-corrected chi connectivity index (χ1v) is 8.40. The quantitative estimate of drug-likeness (QED) is 0.229. The number of aliphatic carboxylic acids is 1. The van der Waals surface area contributed by atoms with Crippen LogP contribution in [0.25, 0.3) is 0 Å². The number of carboxylic acid groups (broad SMARTS) is 1. The number of rotatable bonds is 6. The van der Waals surface area contributed by atoms with Gasteiger partial charge in [0.05, 0.1) is 34.0 Å². The monoisotopic (exact) mass is 516 g/mol. The summed E-state index contributed by atoms with van der Waals surface area (Å²) < 4.78 is 4.51. The topological polar surface area (TPSA) is 121 Å². The number of ketones is 1. The highest BCUT2D eigenvalue weighted by molar-refractivity contribution is 9.13. The average Bonchev–Trinajstić information content (AvgIpc) is 2.50. The molecule has 1 aromatic rings. The van der Waals surface area contributed by atoms with E-state index < -0.39 is 48.0 Å². The lowest BCUT2D eigenvalue weighted by molar-refractivity contribution is -0.149. The minimum atomic E-state index is -1.32. The maximum atomic E-state index is 12.4. The predicted octanol–water partition coefficient (Wildman–Crippen LogP) is 3.22. The van der Waals surface area contributed by atoms with Crippen LogP contribution in [0.15, 0.2) is 13.4 Å². The van der Waals surface area contributed by atoms with Gasteiger partial charge in [0, 0.05) is 10.9 Å². The summed E-state index contributed by atoms with van der Waals surface area (Å²) in [5.74, 6) is -5.04. The van der Waals surface area contributed by atoms with Crippen LogP contribution in [0.4, 0.5) is 0 Å². The Hall–Kier alpha value is -1.13. The Morgan fingerprint density at radius 1 is 1.00 bits per heavy atom. The molecule has 10 heteroatoms. The SMILES string of the molecule is COC(=O)CC(CC(=O)c1c(Br)c(O)c(O)c(Br)c1Br)C(=O)O.